The number of ether oxygens (including phenoxy) is 2. The summed E-state index contributed by atoms with van der Waals surface area (Å²) in [4.78, 5) is 26.0. The first-order valence-electron chi connectivity index (χ1n) is 9.16. The molecule has 0 spiro atoms. The molecule has 0 heterocycles. The largest absolute Gasteiger partial charge is 0.495 e. The van der Waals surface area contributed by atoms with Crippen molar-refractivity contribution in [2.24, 2.45) is 0 Å². The lowest BCUT2D eigenvalue weighted by atomic mass is 10.0. The number of hydrogen-bond acceptors (Lipinski definition) is 4. The minimum Gasteiger partial charge on any atom is -0.495 e. The highest BCUT2D eigenvalue weighted by molar-refractivity contribution is 9.10. The molecule has 0 aliphatic rings. The van der Waals surface area contributed by atoms with E-state index in [2.05, 4.69) is 26.6 Å². The minimum atomic E-state index is -0.889. The number of para-hydroxylation sites is 1. The predicted molar refractivity (Wildman–Crippen MR) is 119 cm³/mol. The van der Waals surface area contributed by atoms with E-state index in [0.717, 1.165) is 0 Å². The zero-order chi connectivity index (χ0) is 21.5. The van der Waals surface area contributed by atoms with Crippen molar-refractivity contribution < 1.29 is 19.1 Å². The maximum absolute atomic E-state index is 13.0. The first-order valence-corrected chi connectivity index (χ1v) is 9.96. The van der Waals surface area contributed by atoms with Crippen LogP contribution in [0.1, 0.15) is 22.0 Å². The summed E-state index contributed by atoms with van der Waals surface area (Å²) in [7, 11) is 3.00. The molecule has 0 aliphatic heterocycles. The Morgan fingerprint density at radius 2 is 1.40 bits per heavy atom. The van der Waals surface area contributed by atoms with Crippen molar-refractivity contribution in [2.45, 2.75) is 6.04 Å². The molecule has 6 nitrogen and oxygen atoms in total. The molecule has 1 unspecified atom stereocenters. The van der Waals surface area contributed by atoms with Gasteiger partial charge in [0, 0.05) is 11.3 Å². The van der Waals surface area contributed by atoms with Gasteiger partial charge in [0.1, 0.15) is 22.0 Å². The Morgan fingerprint density at radius 1 is 0.867 bits per heavy atom. The van der Waals surface area contributed by atoms with Crippen LogP contribution in [0.15, 0.2) is 77.3 Å². The van der Waals surface area contributed by atoms with Gasteiger partial charge in [-0.15, -0.1) is 0 Å². The minimum absolute atomic E-state index is 0.306. The first-order chi connectivity index (χ1) is 14.5. The van der Waals surface area contributed by atoms with Crippen LogP contribution < -0.4 is 20.1 Å². The highest BCUT2D eigenvalue weighted by atomic mass is 79.9. The van der Waals surface area contributed by atoms with Gasteiger partial charge < -0.3 is 20.1 Å². The lowest BCUT2D eigenvalue weighted by Crippen LogP contribution is -2.37. The van der Waals surface area contributed by atoms with Gasteiger partial charge >= 0.3 is 0 Å². The maximum Gasteiger partial charge on any atom is 0.252 e. The zero-order valence-corrected chi connectivity index (χ0v) is 18.1. The second-order valence-electron chi connectivity index (χ2n) is 6.37. The summed E-state index contributed by atoms with van der Waals surface area (Å²) in [6.45, 7) is 0. The Hall–Kier alpha value is -3.32. The number of carbonyl (C=O) groups is 2. The fourth-order valence-electron chi connectivity index (χ4n) is 2.90. The third kappa shape index (κ3) is 4.99. The van der Waals surface area contributed by atoms with E-state index in [9.17, 15) is 9.59 Å². The van der Waals surface area contributed by atoms with Gasteiger partial charge in [-0.25, -0.2) is 0 Å². The van der Waals surface area contributed by atoms with Crippen LogP contribution in [-0.4, -0.2) is 26.0 Å². The van der Waals surface area contributed by atoms with E-state index in [1.54, 1.807) is 36.4 Å². The molecule has 0 aliphatic carbocycles. The number of amides is 2. The Bertz CT molecular complexity index is 1000. The number of anilines is 1. The van der Waals surface area contributed by atoms with Gasteiger partial charge in [-0.2, -0.15) is 0 Å². The van der Waals surface area contributed by atoms with Crippen LogP contribution in [0.5, 0.6) is 11.5 Å². The van der Waals surface area contributed by atoms with Gasteiger partial charge in [-0.3, -0.25) is 9.59 Å². The molecule has 1 atom stereocenters. The molecule has 3 rings (SSSR count). The highest BCUT2D eigenvalue weighted by Crippen LogP contribution is 2.35. The molecule has 2 amide bonds. The molecule has 154 valence electrons. The third-order valence-electron chi connectivity index (χ3n) is 4.42. The number of methoxy groups -OCH3 is 2. The molecule has 7 heteroatoms. The molecular formula is C23H21BrN2O4. The van der Waals surface area contributed by atoms with E-state index in [-0.39, 0.29) is 5.91 Å². The monoisotopic (exact) mass is 468 g/mol. The number of benzene rings is 3. The predicted octanol–water partition coefficient (Wildman–Crippen LogP) is 4.58. The van der Waals surface area contributed by atoms with Crippen molar-refractivity contribution >= 4 is 33.4 Å². The van der Waals surface area contributed by atoms with Crippen LogP contribution in [0.4, 0.5) is 5.69 Å². The molecule has 0 saturated heterocycles. The summed E-state index contributed by atoms with van der Waals surface area (Å²) >= 11 is 3.39. The molecule has 0 fully saturated rings. The van der Waals surface area contributed by atoms with Gasteiger partial charge in [0.2, 0.25) is 0 Å². The summed E-state index contributed by atoms with van der Waals surface area (Å²) < 4.78 is 11.2. The Balaban J connectivity index is 1.90. The van der Waals surface area contributed by atoms with Crippen molar-refractivity contribution in [2.75, 3.05) is 19.5 Å². The Labute approximate surface area is 183 Å². The molecule has 0 saturated carbocycles. The number of halogens is 1. The van der Waals surface area contributed by atoms with Crippen molar-refractivity contribution in [3.05, 3.63) is 88.4 Å². The number of hydrogen-bond donors (Lipinski definition) is 2. The smallest absolute Gasteiger partial charge is 0.252 e. The van der Waals surface area contributed by atoms with Gasteiger partial charge in [-0.1, -0.05) is 48.5 Å². The lowest BCUT2D eigenvalue weighted by Gasteiger charge is -2.20. The van der Waals surface area contributed by atoms with Gasteiger partial charge in [0.15, 0.2) is 0 Å². The average Bonchev–Trinajstić information content (AvgIpc) is 2.78. The van der Waals surface area contributed by atoms with Crippen LogP contribution in [0.2, 0.25) is 0 Å². The molecule has 3 aromatic carbocycles. The quantitative estimate of drug-likeness (QED) is 0.532. The first kappa shape index (κ1) is 21.4. The SMILES string of the molecule is COc1cc(C(=O)NC(C(=O)Nc2ccccc2)c2ccccc2)cc(OC)c1Br. The molecular weight excluding hydrogens is 448 g/mol. The molecule has 30 heavy (non-hydrogen) atoms. The van der Waals surface area contributed by atoms with Crippen molar-refractivity contribution in [3.8, 4) is 11.5 Å². The van der Waals surface area contributed by atoms with Gasteiger partial charge in [-0.05, 0) is 45.8 Å². The van der Waals surface area contributed by atoms with Gasteiger partial charge in [0.05, 0.1) is 14.2 Å². The van der Waals surface area contributed by atoms with Crippen LogP contribution in [0.3, 0.4) is 0 Å². The standard InChI is InChI=1S/C23H21BrN2O4/c1-29-18-13-16(14-19(30-2)20(18)24)22(27)26-21(15-9-5-3-6-10-15)23(28)25-17-11-7-4-8-12-17/h3-14,21H,1-2H3,(H,25,28)(H,26,27). The van der Waals surface area contributed by atoms with Crippen molar-refractivity contribution in [1.82, 2.24) is 5.32 Å². The van der Waals surface area contributed by atoms with Crippen LogP contribution in [0.25, 0.3) is 0 Å². The van der Waals surface area contributed by atoms with Crippen molar-refractivity contribution in [3.63, 3.8) is 0 Å². The second-order valence-corrected chi connectivity index (χ2v) is 7.16. The molecule has 0 radical (unpaired) electrons. The molecule has 0 aromatic heterocycles. The van der Waals surface area contributed by atoms with E-state index < -0.39 is 11.9 Å². The maximum atomic E-state index is 13.0. The molecule has 0 bridgehead atoms. The zero-order valence-electron chi connectivity index (χ0n) is 16.5. The number of carbonyl (C=O) groups excluding carboxylic acids is 2. The second kappa shape index (κ2) is 9.93. The van der Waals surface area contributed by atoms with Crippen LogP contribution >= 0.6 is 15.9 Å². The Morgan fingerprint density at radius 3 is 1.93 bits per heavy atom. The summed E-state index contributed by atoms with van der Waals surface area (Å²) in [5, 5.41) is 5.66. The highest BCUT2D eigenvalue weighted by Gasteiger charge is 2.24. The lowest BCUT2D eigenvalue weighted by molar-refractivity contribution is -0.118. The normalized spacial score (nSPS) is 11.3. The summed E-state index contributed by atoms with van der Waals surface area (Å²) in [5.74, 6) is 0.113. The molecule has 3 aromatic rings. The Kier molecular flexibility index (Phi) is 7.08. The number of nitrogens with one attached hydrogen (secondary N) is 2. The van der Waals surface area contributed by atoms with E-state index in [0.29, 0.717) is 32.8 Å². The van der Waals surface area contributed by atoms with Crippen LogP contribution in [-0.2, 0) is 4.79 Å². The van der Waals surface area contributed by atoms with Crippen molar-refractivity contribution in [1.29, 1.82) is 0 Å². The molecule has 2 N–H and O–H groups in total. The summed E-state index contributed by atoms with van der Waals surface area (Å²) in [5.41, 5.74) is 1.61. The van der Waals surface area contributed by atoms with Gasteiger partial charge in [0.25, 0.3) is 11.8 Å². The van der Waals surface area contributed by atoms with E-state index in [1.807, 2.05) is 36.4 Å². The summed E-state index contributed by atoms with van der Waals surface area (Å²) in [6.07, 6.45) is 0. The summed E-state index contributed by atoms with van der Waals surface area (Å²) in [6, 6.07) is 20.4. The fraction of sp³-hybridized carbons (Fsp3) is 0.130. The van der Waals surface area contributed by atoms with E-state index in [4.69, 9.17) is 9.47 Å². The fourth-order valence-corrected chi connectivity index (χ4v) is 3.45. The topological polar surface area (TPSA) is 76.7 Å². The van der Waals surface area contributed by atoms with E-state index >= 15 is 0 Å². The average molecular weight is 469 g/mol. The third-order valence-corrected chi connectivity index (χ3v) is 5.20. The van der Waals surface area contributed by atoms with Crippen LogP contribution in [0, 0.1) is 0 Å². The number of rotatable bonds is 7. The van der Waals surface area contributed by atoms with E-state index in [1.165, 1.54) is 14.2 Å².